The van der Waals surface area contributed by atoms with Gasteiger partial charge in [0.05, 0.1) is 31.1 Å². The molecule has 2 aromatic rings. The summed E-state index contributed by atoms with van der Waals surface area (Å²) in [7, 11) is 0. The molecule has 1 aromatic carbocycles. The zero-order valence-electron chi connectivity index (χ0n) is 14.5. The SMILES string of the molecule is CCOc1ccc(NC(=O)c2cnc(N3CCOCC3)nc2C)cc1. The van der Waals surface area contributed by atoms with Crippen LogP contribution in [0.2, 0.25) is 0 Å². The third-order valence-corrected chi connectivity index (χ3v) is 3.93. The number of morpholine rings is 1. The Bertz CT molecular complexity index is 728. The predicted octanol–water partition coefficient (Wildman–Crippen LogP) is 2.27. The van der Waals surface area contributed by atoms with E-state index in [1.54, 1.807) is 18.3 Å². The molecule has 132 valence electrons. The lowest BCUT2D eigenvalue weighted by molar-refractivity contribution is 0.102. The van der Waals surface area contributed by atoms with E-state index in [0.717, 1.165) is 18.8 Å². The van der Waals surface area contributed by atoms with Crippen molar-refractivity contribution in [3.63, 3.8) is 0 Å². The topological polar surface area (TPSA) is 76.6 Å². The average molecular weight is 342 g/mol. The van der Waals surface area contributed by atoms with E-state index in [1.165, 1.54) is 0 Å². The van der Waals surface area contributed by atoms with Gasteiger partial charge in [0.2, 0.25) is 5.95 Å². The van der Waals surface area contributed by atoms with E-state index in [0.29, 0.717) is 42.7 Å². The van der Waals surface area contributed by atoms with Crippen LogP contribution in [0.1, 0.15) is 23.0 Å². The summed E-state index contributed by atoms with van der Waals surface area (Å²) in [6.45, 7) is 7.22. The number of carbonyl (C=O) groups is 1. The average Bonchev–Trinajstić information content (AvgIpc) is 2.64. The largest absolute Gasteiger partial charge is 0.494 e. The molecule has 0 spiro atoms. The van der Waals surface area contributed by atoms with Crippen LogP contribution in [0.15, 0.2) is 30.5 Å². The highest BCUT2D eigenvalue weighted by molar-refractivity contribution is 6.04. The highest BCUT2D eigenvalue weighted by Gasteiger charge is 2.17. The van der Waals surface area contributed by atoms with Crippen LogP contribution in [-0.2, 0) is 4.74 Å². The fourth-order valence-corrected chi connectivity index (χ4v) is 2.59. The molecule has 7 heteroatoms. The number of anilines is 2. The minimum Gasteiger partial charge on any atom is -0.494 e. The van der Waals surface area contributed by atoms with Crippen LogP contribution in [0.4, 0.5) is 11.6 Å². The van der Waals surface area contributed by atoms with Gasteiger partial charge in [-0.3, -0.25) is 4.79 Å². The quantitative estimate of drug-likeness (QED) is 0.898. The molecule has 1 saturated heterocycles. The first-order valence-corrected chi connectivity index (χ1v) is 8.38. The van der Waals surface area contributed by atoms with E-state index in [-0.39, 0.29) is 5.91 Å². The van der Waals surface area contributed by atoms with Crippen molar-refractivity contribution in [2.75, 3.05) is 43.1 Å². The zero-order chi connectivity index (χ0) is 17.6. The summed E-state index contributed by atoms with van der Waals surface area (Å²) in [5.41, 5.74) is 1.82. The van der Waals surface area contributed by atoms with Crippen molar-refractivity contribution >= 4 is 17.5 Å². The summed E-state index contributed by atoms with van der Waals surface area (Å²) in [6, 6.07) is 7.26. The molecule has 1 fully saturated rings. The van der Waals surface area contributed by atoms with Gasteiger partial charge in [0, 0.05) is 25.0 Å². The molecule has 1 amide bonds. The Hall–Kier alpha value is -2.67. The molecule has 0 atom stereocenters. The van der Waals surface area contributed by atoms with Gasteiger partial charge in [-0.15, -0.1) is 0 Å². The van der Waals surface area contributed by atoms with Gasteiger partial charge in [-0.2, -0.15) is 0 Å². The minimum absolute atomic E-state index is 0.227. The Morgan fingerprint density at radius 2 is 2.00 bits per heavy atom. The van der Waals surface area contributed by atoms with Crippen LogP contribution in [0.5, 0.6) is 5.75 Å². The Morgan fingerprint density at radius 1 is 1.28 bits per heavy atom. The van der Waals surface area contributed by atoms with Crippen LogP contribution in [0, 0.1) is 6.92 Å². The molecule has 0 unspecified atom stereocenters. The van der Waals surface area contributed by atoms with Gasteiger partial charge in [-0.25, -0.2) is 9.97 Å². The monoisotopic (exact) mass is 342 g/mol. The summed E-state index contributed by atoms with van der Waals surface area (Å²) in [5, 5.41) is 2.86. The van der Waals surface area contributed by atoms with Crippen molar-refractivity contribution < 1.29 is 14.3 Å². The number of aryl methyl sites for hydroxylation is 1. The van der Waals surface area contributed by atoms with Crippen LogP contribution in [-0.4, -0.2) is 48.8 Å². The number of nitrogens with one attached hydrogen (secondary N) is 1. The van der Waals surface area contributed by atoms with Gasteiger partial charge in [-0.05, 0) is 38.1 Å². The maximum absolute atomic E-state index is 12.5. The third-order valence-electron chi connectivity index (χ3n) is 3.93. The molecular formula is C18H22N4O3. The molecule has 0 saturated carbocycles. The molecular weight excluding hydrogens is 320 g/mol. The maximum atomic E-state index is 12.5. The number of ether oxygens (including phenoxy) is 2. The molecule has 0 radical (unpaired) electrons. The van der Waals surface area contributed by atoms with Gasteiger partial charge in [0.15, 0.2) is 0 Å². The van der Waals surface area contributed by atoms with Crippen molar-refractivity contribution in [2.45, 2.75) is 13.8 Å². The van der Waals surface area contributed by atoms with E-state index in [1.807, 2.05) is 26.0 Å². The molecule has 1 N–H and O–H groups in total. The number of carbonyl (C=O) groups excluding carboxylic acids is 1. The van der Waals surface area contributed by atoms with Crippen LogP contribution < -0.4 is 15.0 Å². The Balaban J connectivity index is 1.69. The Labute approximate surface area is 147 Å². The summed E-state index contributed by atoms with van der Waals surface area (Å²) in [4.78, 5) is 23.4. The highest BCUT2D eigenvalue weighted by atomic mass is 16.5. The zero-order valence-corrected chi connectivity index (χ0v) is 14.5. The second-order valence-electron chi connectivity index (χ2n) is 5.68. The smallest absolute Gasteiger partial charge is 0.259 e. The fourth-order valence-electron chi connectivity index (χ4n) is 2.59. The standard InChI is InChI=1S/C18H22N4O3/c1-3-25-15-6-4-14(5-7-15)21-17(23)16-12-19-18(20-13(16)2)22-8-10-24-11-9-22/h4-7,12H,3,8-11H2,1-2H3,(H,21,23). The van der Waals surface area contributed by atoms with Crippen LogP contribution in [0.25, 0.3) is 0 Å². The maximum Gasteiger partial charge on any atom is 0.259 e. The summed E-state index contributed by atoms with van der Waals surface area (Å²) < 4.78 is 10.7. The summed E-state index contributed by atoms with van der Waals surface area (Å²) >= 11 is 0. The molecule has 1 aliphatic heterocycles. The minimum atomic E-state index is -0.227. The van der Waals surface area contributed by atoms with Crippen LogP contribution >= 0.6 is 0 Å². The van der Waals surface area contributed by atoms with E-state index in [9.17, 15) is 4.79 Å². The number of hydrogen-bond acceptors (Lipinski definition) is 6. The fraction of sp³-hybridized carbons (Fsp3) is 0.389. The number of nitrogens with zero attached hydrogens (tertiary/aromatic N) is 3. The van der Waals surface area contributed by atoms with Crippen molar-refractivity contribution in [3.05, 3.63) is 41.7 Å². The molecule has 7 nitrogen and oxygen atoms in total. The van der Waals surface area contributed by atoms with E-state index in [2.05, 4.69) is 20.2 Å². The van der Waals surface area contributed by atoms with E-state index >= 15 is 0 Å². The van der Waals surface area contributed by atoms with Crippen molar-refractivity contribution in [2.24, 2.45) is 0 Å². The van der Waals surface area contributed by atoms with Gasteiger partial charge in [0.1, 0.15) is 5.75 Å². The number of benzene rings is 1. The Morgan fingerprint density at radius 3 is 2.64 bits per heavy atom. The summed E-state index contributed by atoms with van der Waals surface area (Å²) in [5.74, 6) is 1.18. The second kappa shape index (κ2) is 7.94. The van der Waals surface area contributed by atoms with Gasteiger partial charge in [-0.1, -0.05) is 0 Å². The van der Waals surface area contributed by atoms with E-state index < -0.39 is 0 Å². The molecule has 1 aromatic heterocycles. The molecule has 0 aliphatic carbocycles. The lowest BCUT2D eigenvalue weighted by atomic mass is 10.2. The normalized spacial score (nSPS) is 14.2. The lowest BCUT2D eigenvalue weighted by Gasteiger charge is -2.27. The molecule has 2 heterocycles. The van der Waals surface area contributed by atoms with Crippen molar-refractivity contribution in [3.8, 4) is 5.75 Å². The lowest BCUT2D eigenvalue weighted by Crippen LogP contribution is -2.37. The van der Waals surface area contributed by atoms with Gasteiger partial charge >= 0.3 is 0 Å². The first-order chi connectivity index (χ1) is 12.2. The number of rotatable bonds is 5. The van der Waals surface area contributed by atoms with Crippen molar-refractivity contribution in [1.82, 2.24) is 9.97 Å². The second-order valence-corrected chi connectivity index (χ2v) is 5.68. The molecule has 3 rings (SSSR count). The van der Waals surface area contributed by atoms with E-state index in [4.69, 9.17) is 9.47 Å². The first-order valence-electron chi connectivity index (χ1n) is 8.38. The number of hydrogen-bond donors (Lipinski definition) is 1. The highest BCUT2D eigenvalue weighted by Crippen LogP contribution is 2.18. The number of amides is 1. The number of aromatic nitrogens is 2. The molecule has 1 aliphatic rings. The Kier molecular flexibility index (Phi) is 5.45. The van der Waals surface area contributed by atoms with Crippen LogP contribution in [0.3, 0.4) is 0 Å². The first kappa shape index (κ1) is 17.2. The molecule has 25 heavy (non-hydrogen) atoms. The predicted molar refractivity (Wildman–Crippen MR) is 95.4 cm³/mol. The van der Waals surface area contributed by atoms with Gasteiger partial charge < -0.3 is 19.7 Å². The van der Waals surface area contributed by atoms with Gasteiger partial charge in [0.25, 0.3) is 5.91 Å². The molecule has 0 bridgehead atoms. The third kappa shape index (κ3) is 4.24. The summed E-state index contributed by atoms with van der Waals surface area (Å²) in [6.07, 6.45) is 1.58. The van der Waals surface area contributed by atoms with Crippen molar-refractivity contribution in [1.29, 1.82) is 0 Å².